The molecule has 0 aromatic heterocycles. The highest BCUT2D eigenvalue weighted by Crippen LogP contribution is 2.23. The van der Waals surface area contributed by atoms with Crippen LogP contribution < -0.4 is 10.2 Å². The van der Waals surface area contributed by atoms with Gasteiger partial charge in [-0.05, 0) is 24.3 Å². The maximum Gasteiger partial charge on any atom is 0.236 e. The predicted octanol–water partition coefficient (Wildman–Crippen LogP) is 4.04. The van der Waals surface area contributed by atoms with E-state index in [0.717, 1.165) is 11.1 Å². The summed E-state index contributed by atoms with van der Waals surface area (Å²) >= 11 is 12.0. The summed E-state index contributed by atoms with van der Waals surface area (Å²) in [5, 5.41) is 4.97. The third-order valence-electron chi connectivity index (χ3n) is 2.74. The maximum absolute atomic E-state index is 10.8. The first-order chi connectivity index (χ1) is 10.6. The van der Waals surface area contributed by atoms with Gasteiger partial charge in [0, 0.05) is 28.1 Å². The van der Waals surface area contributed by atoms with Crippen molar-refractivity contribution in [2.45, 2.75) is 13.5 Å². The van der Waals surface area contributed by atoms with E-state index in [1.54, 1.807) is 12.1 Å². The van der Waals surface area contributed by atoms with Gasteiger partial charge in [-0.25, -0.2) is 5.43 Å². The Bertz CT molecular complexity index is 702. The first-order valence-corrected chi connectivity index (χ1v) is 7.27. The van der Waals surface area contributed by atoms with E-state index in [1.807, 2.05) is 30.3 Å². The maximum atomic E-state index is 10.8. The Labute approximate surface area is 138 Å². The molecule has 0 unspecified atom stereocenters. The fraction of sp³-hybridized carbons (Fsp3) is 0.125. The molecule has 2 aromatic rings. The van der Waals surface area contributed by atoms with Crippen molar-refractivity contribution in [3.63, 3.8) is 0 Å². The molecule has 0 aliphatic rings. The quantitative estimate of drug-likeness (QED) is 0.661. The molecule has 22 heavy (non-hydrogen) atoms. The predicted molar refractivity (Wildman–Crippen MR) is 88.6 cm³/mol. The summed E-state index contributed by atoms with van der Waals surface area (Å²) in [7, 11) is 0. The second kappa shape index (κ2) is 7.82. The summed E-state index contributed by atoms with van der Waals surface area (Å²) in [5.41, 5.74) is 3.93. The van der Waals surface area contributed by atoms with Gasteiger partial charge in [0.25, 0.3) is 0 Å². The van der Waals surface area contributed by atoms with Gasteiger partial charge >= 0.3 is 0 Å². The number of nitrogens with one attached hydrogen (secondary N) is 1. The number of nitrogens with zero attached hydrogens (tertiary/aromatic N) is 1. The number of para-hydroxylation sites is 1. The van der Waals surface area contributed by atoms with E-state index in [1.165, 1.54) is 13.1 Å². The van der Waals surface area contributed by atoms with Crippen molar-refractivity contribution >= 4 is 35.3 Å². The van der Waals surface area contributed by atoms with Gasteiger partial charge in [0.05, 0.1) is 6.21 Å². The summed E-state index contributed by atoms with van der Waals surface area (Å²) in [6.07, 6.45) is 1.53. The largest absolute Gasteiger partial charge is 0.488 e. The fourth-order valence-electron chi connectivity index (χ4n) is 1.71. The summed E-state index contributed by atoms with van der Waals surface area (Å²) < 4.78 is 5.77. The number of hydrogen-bond donors (Lipinski definition) is 1. The number of ether oxygens (including phenoxy) is 1. The van der Waals surface area contributed by atoms with Crippen molar-refractivity contribution in [2.75, 3.05) is 0 Å². The molecule has 4 nitrogen and oxygen atoms in total. The Hall–Kier alpha value is -2.04. The molecule has 2 rings (SSSR count). The molecule has 0 fully saturated rings. The third kappa shape index (κ3) is 4.76. The van der Waals surface area contributed by atoms with Crippen LogP contribution in [0.15, 0.2) is 47.6 Å². The summed E-state index contributed by atoms with van der Waals surface area (Å²) in [6.45, 7) is 1.70. The molecule has 114 valence electrons. The standard InChI is InChI=1S/C16H14Cl2N2O2/c1-11(21)20-19-9-12-4-2-3-5-16(12)22-10-13-6-7-14(17)8-15(13)18/h2-9H,10H2,1H3,(H,20,21)/b19-9+. The molecule has 2 aromatic carbocycles. The highest BCUT2D eigenvalue weighted by Gasteiger charge is 2.05. The van der Waals surface area contributed by atoms with Gasteiger partial charge in [-0.3, -0.25) is 4.79 Å². The number of benzene rings is 2. The minimum absolute atomic E-state index is 0.234. The Kier molecular flexibility index (Phi) is 5.81. The summed E-state index contributed by atoms with van der Waals surface area (Å²) in [4.78, 5) is 10.8. The number of hydrazone groups is 1. The average molecular weight is 337 g/mol. The molecular weight excluding hydrogens is 323 g/mol. The first kappa shape index (κ1) is 16.3. The molecule has 0 aliphatic carbocycles. The summed E-state index contributed by atoms with van der Waals surface area (Å²) in [5.74, 6) is 0.408. The lowest BCUT2D eigenvalue weighted by Gasteiger charge is -2.10. The fourth-order valence-corrected chi connectivity index (χ4v) is 2.17. The van der Waals surface area contributed by atoms with Crippen LogP contribution in [0, 0.1) is 0 Å². The number of halogens is 2. The van der Waals surface area contributed by atoms with Crippen molar-refractivity contribution in [3.05, 3.63) is 63.6 Å². The molecule has 0 atom stereocenters. The van der Waals surface area contributed by atoms with Gasteiger partial charge in [-0.2, -0.15) is 5.10 Å². The minimum Gasteiger partial charge on any atom is -0.488 e. The van der Waals surface area contributed by atoms with Crippen molar-refractivity contribution < 1.29 is 9.53 Å². The third-order valence-corrected chi connectivity index (χ3v) is 3.33. The molecule has 0 bridgehead atoms. The van der Waals surface area contributed by atoms with Gasteiger partial charge < -0.3 is 4.74 Å². The second-order valence-electron chi connectivity index (χ2n) is 4.49. The Morgan fingerprint density at radius 1 is 1.27 bits per heavy atom. The van der Waals surface area contributed by atoms with Crippen LogP contribution in [0.1, 0.15) is 18.1 Å². The average Bonchev–Trinajstić information content (AvgIpc) is 2.47. The van der Waals surface area contributed by atoms with Crippen molar-refractivity contribution in [1.82, 2.24) is 5.43 Å². The highest BCUT2D eigenvalue weighted by molar-refractivity contribution is 6.35. The van der Waals surface area contributed by atoms with Crippen LogP contribution in [0.2, 0.25) is 10.0 Å². The number of rotatable bonds is 5. The number of carbonyl (C=O) groups is 1. The zero-order valence-corrected chi connectivity index (χ0v) is 13.4. The zero-order valence-electron chi connectivity index (χ0n) is 11.8. The van der Waals surface area contributed by atoms with Crippen molar-refractivity contribution in [2.24, 2.45) is 5.10 Å². The number of amides is 1. The van der Waals surface area contributed by atoms with E-state index in [2.05, 4.69) is 10.5 Å². The lowest BCUT2D eigenvalue weighted by Crippen LogP contribution is -2.12. The van der Waals surface area contributed by atoms with Crippen LogP contribution in [0.4, 0.5) is 0 Å². The topological polar surface area (TPSA) is 50.7 Å². The molecule has 0 spiro atoms. The van der Waals surface area contributed by atoms with Gasteiger partial charge in [0.1, 0.15) is 12.4 Å². The Morgan fingerprint density at radius 2 is 2.05 bits per heavy atom. The zero-order chi connectivity index (χ0) is 15.9. The number of carbonyl (C=O) groups excluding carboxylic acids is 1. The van der Waals surface area contributed by atoms with Crippen LogP contribution in [-0.2, 0) is 11.4 Å². The SMILES string of the molecule is CC(=O)N/N=C/c1ccccc1OCc1ccc(Cl)cc1Cl. The highest BCUT2D eigenvalue weighted by atomic mass is 35.5. The van der Waals surface area contributed by atoms with E-state index in [9.17, 15) is 4.79 Å². The van der Waals surface area contributed by atoms with Crippen LogP contribution >= 0.6 is 23.2 Å². The Balaban J connectivity index is 2.09. The monoisotopic (exact) mass is 336 g/mol. The number of hydrogen-bond acceptors (Lipinski definition) is 3. The second-order valence-corrected chi connectivity index (χ2v) is 5.33. The molecule has 0 aliphatic heterocycles. The Morgan fingerprint density at radius 3 is 2.77 bits per heavy atom. The molecule has 1 amide bonds. The molecular formula is C16H14Cl2N2O2. The van der Waals surface area contributed by atoms with E-state index >= 15 is 0 Å². The smallest absolute Gasteiger partial charge is 0.236 e. The van der Waals surface area contributed by atoms with Crippen molar-refractivity contribution in [3.8, 4) is 5.75 Å². The van der Waals surface area contributed by atoms with Crippen LogP contribution in [0.3, 0.4) is 0 Å². The molecule has 0 saturated heterocycles. The van der Waals surface area contributed by atoms with Crippen LogP contribution in [-0.4, -0.2) is 12.1 Å². The van der Waals surface area contributed by atoms with Gasteiger partial charge in [0.15, 0.2) is 0 Å². The van der Waals surface area contributed by atoms with E-state index in [0.29, 0.717) is 22.4 Å². The van der Waals surface area contributed by atoms with Crippen LogP contribution in [0.25, 0.3) is 0 Å². The van der Waals surface area contributed by atoms with Gasteiger partial charge in [-0.15, -0.1) is 0 Å². The first-order valence-electron chi connectivity index (χ1n) is 6.51. The van der Waals surface area contributed by atoms with E-state index < -0.39 is 0 Å². The van der Waals surface area contributed by atoms with E-state index in [-0.39, 0.29) is 5.91 Å². The van der Waals surface area contributed by atoms with Crippen molar-refractivity contribution in [1.29, 1.82) is 0 Å². The lowest BCUT2D eigenvalue weighted by atomic mass is 10.2. The molecule has 6 heteroatoms. The van der Waals surface area contributed by atoms with Gasteiger partial charge in [-0.1, -0.05) is 41.4 Å². The van der Waals surface area contributed by atoms with Crippen LogP contribution in [0.5, 0.6) is 5.75 Å². The molecule has 0 radical (unpaired) electrons. The lowest BCUT2D eigenvalue weighted by molar-refractivity contribution is -0.118. The molecule has 0 saturated carbocycles. The normalized spacial score (nSPS) is 10.7. The molecule has 0 heterocycles. The minimum atomic E-state index is -0.234. The summed E-state index contributed by atoms with van der Waals surface area (Å²) in [6, 6.07) is 12.6. The van der Waals surface area contributed by atoms with Gasteiger partial charge in [0.2, 0.25) is 5.91 Å². The molecule has 1 N–H and O–H groups in total. The van der Waals surface area contributed by atoms with E-state index in [4.69, 9.17) is 27.9 Å².